The van der Waals surface area contributed by atoms with Gasteiger partial charge in [-0.25, -0.2) is 0 Å². The Bertz CT molecular complexity index is 699. The van der Waals surface area contributed by atoms with Gasteiger partial charge in [0, 0.05) is 30.8 Å². The second-order valence-electron chi connectivity index (χ2n) is 6.91. The van der Waals surface area contributed by atoms with E-state index in [1.54, 1.807) is 4.90 Å². The topological polar surface area (TPSA) is 79.6 Å². The average molecular weight is 364 g/mol. The van der Waals surface area contributed by atoms with Crippen LogP contribution in [0.4, 0.5) is 0 Å². The molecular formula is C18H24N2O4S. The van der Waals surface area contributed by atoms with E-state index in [0.29, 0.717) is 18.7 Å². The number of unbranched alkanes of at least 4 members (excludes halogenated alkanes) is 1. The predicted molar refractivity (Wildman–Crippen MR) is 95.2 cm³/mol. The summed E-state index contributed by atoms with van der Waals surface area (Å²) in [7, 11) is 0. The van der Waals surface area contributed by atoms with Gasteiger partial charge < -0.3 is 9.32 Å². The molecule has 0 unspecified atom stereocenters. The Labute approximate surface area is 151 Å². The lowest BCUT2D eigenvalue weighted by Crippen LogP contribution is -2.36. The Balaban J connectivity index is 1.64. The Morgan fingerprint density at radius 2 is 2.24 bits per heavy atom. The van der Waals surface area contributed by atoms with E-state index in [4.69, 9.17) is 4.42 Å². The second-order valence-corrected chi connectivity index (χ2v) is 8.01. The molecule has 1 aromatic heterocycles. The highest BCUT2D eigenvalue weighted by molar-refractivity contribution is 7.98. The third-order valence-electron chi connectivity index (χ3n) is 5.01. The summed E-state index contributed by atoms with van der Waals surface area (Å²) >= 11 is 1.84. The van der Waals surface area contributed by atoms with Crippen molar-refractivity contribution in [3.05, 3.63) is 23.2 Å². The minimum absolute atomic E-state index is 0.173. The zero-order chi connectivity index (χ0) is 18.0. The highest BCUT2D eigenvalue weighted by Crippen LogP contribution is 2.38. The van der Waals surface area contributed by atoms with Gasteiger partial charge in [0.05, 0.1) is 5.41 Å². The van der Waals surface area contributed by atoms with Gasteiger partial charge in [-0.1, -0.05) is 13.3 Å². The molecular weight excluding hydrogens is 340 g/mol. The van der Waals surface area contributed by atoms with E-state index in [1.165, 1.54) is 12.8 Å². The summed E-state index contributed by atoms with van der Waals surface area (Å²) in [5.41, 5.74) is 0.305. The van der Waals surface area contributed by atoms with Gasteiger partial charge in [0.15, 0.2) is 5.76 Å². The van der Waals surface area contributed by atoms with E-state index >= 15 is 0 Å². The summed E-state index contributed by atoms with van der Waals surface area (Å²) in [6, 6.07) is 1.82. The van der Waals surface area contributed by atoms with Crippen LogP contribution in [0.1, 0.15) is 54.5 Å². The maximum Gasteiger partial charge on any atom is 0.289 e. The number of nitrogens with one attached hydrogen (secondary N) is 1. The maximum absolute atomic E-state index is 12.7. The molecule has 25 heavy (non-hydrogen) atoms. The maximum atomic E-state index is 12.7. The molecule has 7 heteroatoms. The Hall–Kier alpha value is -1.76. The van der Waals surface area contributed by atoms with Crippen LogP contribution in [0.2, 0.25) is 0 Å². The number of imide groups is 1. The lowest BCUT2D eigenvalue weighted by atomic mass is 9.85. The minimum Gasteiger partial charge on any atom is -0.456 e. The molecule has 0 bridgehead atoms. The molecule has 3 rings (SSSR count). The van der Waals surface area contributed by atoms with Crippen LogP contribution in [-0.2, 0) is 15.3 Å². The van der Waals surface area contributed by atoms with Gasteiger partial charge >= 0.3 is 0 Å². The molecule has 136 valence electrons. The van der Waals surface area contributed by atoms with Gasteiger partial charge in [-0.2, -0.15) is 11.8 Å². The van der Waals surface area contributed by atoms with Crippen molar-refractivity contribution >= 4 is 29.5 Å². The summed E-state index contributed by atoms with van der Waals surface area (Å²) in [6.07, 6.45) is 3.06. The van der Waals surface area contributed by atoms with E-state index in [2.05, 4.69) is 12.2 Å². The molecule has 2 aliphatic rings. The van der Waals surface area contributed by atoms with Gasteiger partial charge in [0.2, 0.25) is 11.8 Å². The fourth-order valence-corrected chi connectivity index (χ4v) is 4.56. The largest absolute Gasteiger partial charge is 0.456 e. The standard InChI is InChI=1S/C18H24N2O4S/c1-3-4-7-25-10-13-8-14(24-12(13)2)16(22)20-6-5-18(11-20)9-15(21)19-17(18)23/h8H,3-7,9-11H2,1-2H3,(H,19,21,23)/t18-/m1/s1. The number of hydrogen-bond acceptors (Lipinski definition) is 5. The highest BCUT2D eigenvalue weighted by Gasteiger charge is 2.52. The molecule has 0 saturated carbocycles. The van der Waals surface area contributed by atoms with Gasteiger partial charge in [-0.15, -0.1) is 0 Å². The first kappa shape index (κ1) is 18.0. The quantitative estimate of drug-likeness (QED) is 0.620. The number of aryl methyl sites for hydroxylation is 1. The second kappa shape index (κ2) is 7.23. The van der Waals surface area contributed by atoms with Crippen LogP contribution in [-0.4, -0.2) is 41.5 Å². The van der Waals surface area contributed by atoms with Crippen molar-refractivity contribution in [1.29, 1.82) is 0 Å². The number of carbonyl (C=O) groups excluding carboxylic acids is 3. The van der Waals surface area contributed by atoms with Crippen LogP contribution in [0.5, 0.6) is 0 Å². The summed E-state index contributed by atoms with van der Waals surface area (Å²) in [4.78, 5) is 37.9. The van der Waals surface area contributed by atoms with Crippen LogP contribution in [0.15, 0.2) is 10.5 Å². The first-order valence-electron chi connectivity index (χ1n) is 8.76. The molecule has 2 aliphatic heterocycles. The molecule has 6 nitrogen and oxygen atoms in total. The van der Waals surface area contributed by atoms with Crippen molar-refractivity contribution in [3.8, 4) is 0 Å². The summed E-state index contributed by atoms with van der Waals surface area (Å²) < 4.78 is 5.67. The monoisotopic (exact) mass is 364 g/mol. The average Bonchev–Trinajstić information content (AvgIpc) is 3.23. The number of likely N-dealkylation sites (tertiary alicyclic amines) is 1. The molecule has 1 N–H and O–H groups in total. The fourth-order valence-electron chi connectivity index (χ4n) is 3.42. The smallest absolute Gasteiger partial charge is 0.289 e. The van der Waals surface area contributed by atoms with Crippen LogP contribution in [0, 0.1) is 12.3 Å². The first-order valence-corrected chi connectivity index (χ1v) is 9.91. The third-order valence-corrected chi connectivity index (χ3v) is 6.10. The highest BCUT2D eigenvalue weighted by atomic mass is 32.2. The number of rotatable bonds is 6. The van der Waals surface area contributed by atoms with Crippen molar-refractivity contribution in [2.75, 3.05) is 18.8 Å². The lowest BCUT2D eigenvalue weighted by molar-refractivity contribution is -0.128. The van der Waals surface area contributed by atoms with Crippen molar-refractivity contribution in [1.82, 2.24) is 10.2 Å². The van der Waals surface area contributed by atoms with Crippen molar-refractivity contribution in [2.45, 2.75) is 45.3 Å². The fraction of sp³-hybridized carbons (Fsp3) is 0.611. The van der Waals surface area contributed by atoms with E-state index in [9.17, 15) is 14.4 Å². The molecule has 1 aromatic rings. The summed E-state index contributed by atoms with van der Waals surface area (Å²) in [5, 5.41) is 2.35. The van der Waals surface area contributed by atoms with Crippen molar-refractivity contribution in [2.24, 2.45) is 5.41 Å². The molecule has 0 aromatic carbocycles. The Morgan fingerprint density at radius 1 is 1.44 bits per heavy atom. The number of amides is 3. The summed E-state index contributed by atoms with van der Waals surface area (Å²) in [5.74, 6) is 2.33. The molecule has 2 saturated heterocycles. The Kier molecular flexibility index (Phi) is 5.22. The molecule has 1 spiro atoms. The van der Waals surface area contributed by atoms with Crippen LogP contribution < -0.4 is 5.32 Å². The Morgan fingerprint density at radius 3 is 2.92 bits per heavy atom. The van der Waals surface area contributed by atoms with Gasteiger partial charge in [0.1, 0.15) is 5.76 Å². The van der Waals surface area contributed by atoms with E-state index in [1.807, 2.05) is 24.8 Å². The normalized spacial score (nSPS) is 22.9. The minimum atomic E-state index is -0.743. The summed E-state index contributed by atoms with van der Waals surface area (Å²) in [6.45, 7) is 4.80. The number of carbonyl (C=O) groups is 3. The predicted octanol–water partition coefficient (Wildman–Crippen LogP) is 2.50. The molecule has 0 radical (unpaired) electrons. The van der Waals surface area contributed by atoms with Gasteiger partial charge in [-0.3, -0.25) is 19.7 Å². The van der Waals surface area contributed by atoms with Crippen molar-refractivity contribution < 1.29 is 18.8 Å². The van der Waals surface area contributed by atoms with E-state index in [0.717, 1.165) is 22.8 Å². The van der Waals surface area contributed by atoms with Gasteiger partial charge in [0.25, 0.3) is 5.91 Å². The zero-order valence-electron chi connectivity index (χ0n) is 14.7. The SMILES string of the molecule is CCCCSCc1cc(C(=O)N2CC[C@@]3(CC(=O)NC3=O)C2)oc1C. The molecule has 1 atom stereocenters. The lowest BCUT2D eigenvalue weighted by Gasteiger charge is -2.19. The van der Waals surface area contributed by atoms with E-state index < -0.39 is 5.41 Å². The number of thioether (sulfide) groups is 1. The van der Waals surface area contributed by atoms with E-state index in [-0.39, 0.29) is 30.7 Å². The number of hydrogen-bond donors (Lipinski definition) is 1. The van der Waals surface area contributed by atoms with Crippen LogP contribution >= 0.6 is 11.8 Å². The van der Waals surface area contributed by atoms with Crippen LogP contribution in [0.25, 0.3) is 0 Å². The zero-order valence-corrected chi connectivity index (χ0v) is 15.5. The number of furan rings is 1. The molecule has 3 amide bonds. The first-order chi connectivity index (χ1) is 11.9. The molecule has 2 fully saturated rings. The molecule has 0 aliphatic carbocycles. The van der Waals surface area contributed by atoms with Gasteiger partial charge in [-0.05, 0) is 31.6 Å². The third kappa shape index (κ3) is 3.61. The number of nitrogens with zero attached hydrogens (tertiary/aromatic N) is 1. The molecule has 3 heterocycles. The van der Waals surface area contributed by atoms with Crippen molar-refractivity contribution in [3.63, 3.8) is 0 Å². The van der Waals surface area contributed by atoms with Crippen LogP contribution in [0.3, 0.4) is 0 Å².